The number of aryl methyl sites for hydroxylation is 1. The highest BCUT2D eigenvalue weighted by Gasteiger charge is 2.10. The molecule has 0 aliphatic heterocycles. The monoisotopic (exact) mass is 266 g/mol. The molecule has 2 rings (SSSR count). The summed E-state index contributed by atoms with van der Waals surface area (Å²) in [5.41, 5.74) is 1.27. The molecule has 0 unspecified atom stereocenters. The molecule has 6 nitrogen and oxygen atoms in total. The molecule has 0 amide bonds. The van der Waals surface area contributed by atoms with Gasteiger partial charge in [0.15, 0.2) is 5.82 Å². The number of aromatic nitrogens is 4. The number of hydrogen-bond donors (Lipinski definition) is 2. The minimum atomic E-state index is -0.107. The summed E-state index contributed by atoms with van der Waals surface area (Å²) >= 11 is 4.88. The number of rotatable bonds is 4. The Morgan fingerprint density at radius 3 is 2.83 bits per heavy atom. The molecule has 0 radical (unpaired) electrons. The van der Waals surface area contributed by atoms with Crippen LogP contribution >= 0.6 is 12.2 Å². The maximum absolute atomic E-state index is 12.3. The molecule has 18 heavy (non-hydrogen) atoms. The first-order chi connectivity index (χ1) is 8.63. The van der Waals surface area contributed by atoms with Crippen molar-refractivity contribution in [3.05, 3.63) is 33.0 Å². The van der Waals surface area contributed by atoms with Crippen LogP contribution in [-0.4, -0.2) is 33.5 Å². The minimum absolute atomic E-state index is 0.107. The van der Waals surface area contributed by atoms with Crippen LogP contribution in [0.2, 0.25) is 0 Å². The fraction of sp³-hybridized carbons (Fsp3) is 0.364. The molecular formula is C11H14N4O2S. The highest BCUT2D eigenvalue weighted by molar-refractivity contribution is 7.71. The predicted octanol–water partition coefficient (Wildman–Crippen LogP) is 1.25. The molecule has 2 N–H and O–H groups in total. The van der Waals surface area contributed by atoms with Gasteiger partial charge in [-0.25, -0.2) is 0 Å². The summed E-state index contributed by atoms with van der Waals surface area (Å²) in [6, 6.07) is 3.61. The summed E-state index contributed by atoms with van der Waals surface area (Å²) in [6.45, 7) is 2.88. The zero-order chi connectivity index (χ0) is 13.1. The Morgan fingerprint density at radius 2 is 2.22 bits per heavy atom. The Bertz CT molecular complexity index is 656. The molecule has 2 aromatic rings. The van der Waals surface area contributed by atoms with Gasteiger partial charge in [-0.15, -0.1) is 0 Å². The quantitative estimate of drug-likeness (QED) is 0.817. The molecule has 0 saturated carbocycles. The van der Waals surface area contributed by atoms with Crippen LogP contribution in [-0.2, 0) is 11.3 Å². The Kier molecular flexibility index (Phi) is 3.73. The van der Waals surface area contributed by atoms with Gasteiger partial charge in [-0.3, -0.25) is 15.0 Å². The summed E-state index contributed by atoms with van der Waals surface area (Å²) in [4.78, 5) is 16.4. The summed E-state index contributed by atoms with van der Waals surface area (Å²) in [5.74, 6) is 0.455. The van der Waals surface area contributed by atoms with Gasteiger partial charge in [0.2, 0.25) is 4.77 Å². The lowest BCUT2D eigenvalue weighted by Crippen LogP contribution is -2.25. The Hall–Kier alpha value is -1.73. The second-order valence-electron chi connectivity index (χ2n) is 3.85. The largest absolute Gasteiger partial charge is 0.383 e. The van der Waals surface area contributed by atoms with Crippen molar-refractivity contribution in [2.45, 2.75) is 13.5 Å². The molecular weight excluding hydrogens is 252 g/mol. The van der Waals surface area contributed by atoms with Gasteiger partial charge in [-0.1, -0.05) is 0 Å². The van der Waals surface area contributed by atoms with Crippen molar-refractivity contribution in [2.24, 2.45) is 0 Å². The summed E-state index contributed by atoms with van der Waals surface area (Å²) in [6.07, 6.45) is 0. The number of hydrogen-bond acceptors (Lipinski definition) is 4. The maximum Gasteiger partial charge on any atom is 0.261 e. The Labute approximate surface area is 109 Å². The number of H-pyrrole nitrogens is 2. The van der Waals surface area contributed by atoms with Crippen LogP contribution in [0.1, 0.15) is 5.69 Å². The average molecular weight is 266 g/mol. The van der Waals surface area contributed by atoms with Crippen molar-refractivity contribution >= 4 is 12.2 Å². The Morgan fingerprint density at radius 1 is 1.44 bits per heavy atom. The standard InChI is InChI=1S/C11H14N4O2S/c1-7-3-4-8(9-12-11(18)14-13-9)10(16)15(7)5-6-17-2/h3-4H,5-6H2,1-2H3,(H2,12,13,14,18). The topological polar surface area (TPSA) is 75.7 Å². The van der Waals surface area contributed by atoms with Crippen molar-refractivity contribution < 1.29 is 4.74 Å². The zero-order valence-electron chi connectivity index (χ0n) is 10.2. The maximum atomic E-state index is 12.3. The molecule has 0 bridgehead atoms. The van der Waals surface area contributed by atoms with Crippen LogP contribution in [0.15, 0.2) is 16.9 Å². The van der Waals surface area contributed by atoms with E-state index in [-0.39, 0.29) is 5.56 Å². The van der Waals surface area contributed by atoms with Gasteiger partial charge < -0.3 is 9.30 Å². The molecule has 2 heterocycles. The first-order valence-electron chi connectivity index (χ1n) is 5.48. The molecule has 0 atom stereocenters. The highest BCUT2D eigenvalue weighted by atomic mass is 32.1. The van der Waals surface area contributed by atoms with E-state index in [1.165, 1.54) is 0 Å². The third kappa shape index (κ3) is 2.41. The molecule has 7 heteroatoms. The van der Waals surface area contributed by atoms with Crippen molar-refractivity contribution in [3.63, 3.8) is 0 Å². The van der Waals surface area contributed by atoms with Crippen molar-refractivity contribution in [1.29, 1.82) is 0 Å². The van der Waals surface area contributed by atoms with Crippen molar-refractivity contribution in [1.82, 2.24) is 19.7 Å². The van der Waals surface area contributed by atoms with E-state index in [1.54, 1.807) is 17.7 Å². The molecule has 96 valence electrons. The lowest BCUT2D eigenvalue weighted by Gasteiger charge is -2.10. The van der Waals surface area contributed by atoms with E-state index in [4.69, 9.17) is 17.0 Å². The van der Waals surface area contributed by atoms with E-state index < -0.39 is 0 Å². The van der Waals surface area contributed by atoms with Gasteiger partial charge in [0.05, 0.1) is 12.2 Å². The summed E-state index contributed by atoms with van der Waals surface area (Å²) in [7, 11) is 1.61. The number of aromatic amines is 2. The van der Waals surface area contributed by atoms with E-state index in [9.17, 15) is 4.79 Å². The molecule has 0 spiro atoms. The Balaban J connectivity index is 2.50. The fourth-order valence-electron chi connectivity index (χ4n) is 1.71. The molecule has 0 aliphatic carbocycles. The van der Waals surface area contributed by atoms with E-state index in [0.29, 0.717) is 29.3 Å². The van der Waals surface area contributed by atoms with E-state index in [1.807, 2.05) is 13.0 Å². The summed E-state index contributed by atoms with van der Waals surface area (Å²) < 4.78 is 6.98. The SMILES string of the molecule is COCCn1c(C)ccc(-c2nc(=S)[nH][nH]2)c1=O. The van der Waals surface area contributed by atoms with E-state index >= 15 is 0 Å². The van der Waals surface area contributed by atoms with Crippen molar-refractivity contribution in [2.75, 3.05) is 13.7 Å². The third-order valence-corrected chi connectivity index (χ3v) is 2.86. The number of methoxy groups -OCH3 is 1. The summed E-state index contributed by atoms with van der Waals surface area (Å²) in [5, 5.41) is 5.46. The smallest absolute Gasteiger partial charge is 0.261 e. The first kappa shape index (κ1) is 12.7. The van der Waals surface area contributed by atoms with Crippen molar-refractivity contribution in [3.8, 4) is 11.4 Å². The minimum Gasteiger partial charge on any atom is -0.383 e. The zero-order valence-corrected chi connectivity index (χ0v) is 11.0. The molecule has 0 fully saturated rings. The van der Waals surface area contributed by atoms with Crippen LogP contribution < -0.4 is 5.56 Å². The van der Waals surface area contributed by atoms with Gasteiger partial charge in [0.1, 0.15) is 0 Å². The van der Waals surface area contributed by atoms with E-state index in [2.05, 4.69) is 15.2 Å². The predicted molar refractivity (Wildman–Crippen MR) is 70.1 cm³/mol. The fourth-order valence-corrected chi connectivity index (χ4v) is 1.85. The molecule has 0 aromatic carbocycles. The van der Waals surface area contributed by atoms with Gasteiger partial charge in [-0.05, 0) is 31.3 Å². The number of nitrogens with zero attached hydrogens (tertiary/aromatic N) is 2. The molecule has 0 saturated heterocycles. The number of ether oxygens (including phenoxy) is 1. The molecule has 2 aromatic heterocycles. The first-order valence-corrected chi connectivity index (χ1v) is 5.88. The highest BCUT2D eigenvalue weighted by Crippen LogP contribution is 2.09. The van der Waals surface area contributed by atoms with Gasteiger partial charge >= 0.3 is 0 Å². The number of nitrogens with one attached hydrogen (secondary N) is 2. The van der Waals surface area contributed by atoms with Crippen LogP contribution in [0.5, 0.6) is 0 Å². The normalized spacial score (nSPS) is 10.8. The van der Waals surface area contributed by atoms with Crippen LogP contribution in [0, 0.1) is 11.7 Å². The van der Waals surface area contributed by atoms with Gasteiger partial charge in [0.25, 0.3) is 5.56 Å². The number of pyridine rings is 1. The molecule has 0 aliphatic rings. The second kappa shape index (κ2) is 5.28. The van der Waals surface area contributed by atoms with Crippen LogP contribution in [0.4, 0.5) is 0 Å². The lowest BCUT2D eigenvalue weighted by atomic mass is 10.2. The van der Waals surface area contributed by atoms with Crippen LogP contribution in [0.25, 0.3) is 11.4 Å². The van der Waals surface area contributed by atoms with Gasteiger partial charge in [-0.2, -0.15) is 4.98 Å². The average Bonchev–Trinajstić information content (AvgIpc) is 2.76. The second-order valence-corrected chi connectivity index (χ2v) is 4.24. The lowest BCUT2D eigenvalue weighted by molar-refractivity contribution is 0.185. The van der Waals surface area contributed by atoms with E-state index in [0.717, 1.165) is 5.69 Å². The van der Waals surface area contributed by atoms with Crippen LogP contribution in [0.3, 0.4) is 0 Å². The third-order valence-electron chi connectivity index (χ3n) is 2.67. The van der Waals surface area contributed by atoms with Gasteiger partial charge in [0, 0.05) is 19.3 Å².